The van der Waals surface area contributed by atoms with Crippen molar-refractivity contribution >= 4 is 11.5 Å². The molecule has 0 saturated carbocycles. The van der Waals surface area contributed by atoms with Crippen molar-refractivity contribution in [1.82, 2.24) is 9.78 Å². The van der Waals surface area contributed by atoms with Crippen LogP contribution in [0.25, 0.3) is 0 Å². The second-order valence-electron chi connectivity index (χ2n) is 5.51. The number of Topliss-reactive ketones (excluding diaryl/α,β-unsaturated/α-hetero) is 1. The standard InChI is InChI=1S/C16H19N3O2/c1-11(2)19-8-7-12(18-19)9-14(20)16-10-17-13-5-3-4-6-15(13)21-16/h3-8,11,16-17H,9-10H2,1-2H3. The van der Waals surface area contributed by atoms with E-state index in [4.69, 9.17) is 4.74 Å². The number of rotatable bonds is 4. The Morgan fingerprint density at radius 3 is 3.00 bits per heavy atom. The Bertz CT molecular complexity index is 648. The second kappa shape index (κ2) is 5.60. The predicted molar refractivity (Wildman–Crippen MR) is 80.7 cm³/mol. The third-order valence-corrected chi connectivity index (χ3v) is 3.54. The van der Waals surface area contributed by atoms with Crippen molar-refractivity contribution < 1.29 is 9.53 Å². The highest BCUT2D eigenvalue weighted by molar-refractivity contribution is 5.86. The van der Waals surface area contributed by atoms with E-state index < -0.39 is 6.10 Å². The molecule has 2 aromatic rings. The van der Waals surface area contributed by atoms with Crippen LogP contribution in [0.1, 0.15) is 25.6 Å². The SMILES string of the molecule is CC(C)n1ccc(CC(=O)C2CNc3ccccc3O2)n1. The summed E-state index contributed by atoms with van der Waals surface area (Å²) in [7, 11) is 0. The van der Waals surface area contributed by atoms with Crippen LogP contribution in [0.2, 0.25) is 0 Å². The molecule has 0 fully saturated rings. The van der Waals surface area contributed by atoms with Gasteiger partial charge in [0, 0.05) is 12.2 Å². The Morgan fingerprint density at radius 1 is 1.43 bits per heavy atom. The van der Waals surface area contributed by atoms with Crippen molar-refractivity contribution in [2.75, 3.05) is 11.9 Å². The van der Waals surface area contributed by atoms with Crippen molar-refractivity contribution in [2.24, 2.45) is 0 Å². The summed E-state index contributed by atoms with van der Waals surface area (Å²) in [5, 5.41) is 7.64. The van der Waals surface area contributed by atoms with Gasteiger partial charge in [0.15, 0.2) is 11.9 Å². The normalized spacial score (nSPS) is 17.0. The molecule has 1 aromatic carbocycles. The molecule has 21 heavy (non-hydrogen) atoms. The van der Waals surface area contributed by atoms with Gasteiger partial charge in [-0.15, -0.1) is 0 Å². The number of benzene rings is 1. The number of ether oxygens (including phenoxy) is 1. The summed E-state index contributed by atoms with van der Waals surface area (Å²) in [4.78, 5) is 12.3. The van der Waals surface area contributed by atoms with Gasteiger partial charge in [0.25, 0.3) is 0 Å². The predicted octanol–water partition coefficient (Wildman–Crippen LogP) is 2.45. The Hall–Kier alpha value is -2.30. The number of ketones is 1. The molecular weight excluding hydrogens is 266 g/mol. The van der Waals surface area contributed by atoms with Crippen LogP contribution in [0.15, 0.2) is 36.5 Å². The fourth-order valence-electron chi connectivity index (χ4n) is 2.34. The lowest BCUT2D eigenvalue weighted by atomic mass is 10.1. The smallest absolute Gasteiger partial charge is 0.181 e. The lowest BCUT2D eigenvalue weighted by molar-refractivity contribution is -0.124. The van der Waals surface area contributed by atoms with Gasteiger partial charge in [-0.2, -0.15) is 5.10 Å². The number of hydrogen-bond acceptors (Lipinski definition) is 4. The fraction of sp³-hybridized carbons (Fsp3) is 0.375. The van der Waals surface area contributed by atoms with E-state index in [2.05, 4.69) is 24.3 Å². The van der Waals surface area contributed by atoms with E-state index in [0.717, 1.165) is 17.1 Å². The summed E-state index contributed by atoms with van der Waals surface area (Å²) in [5.41, 5.74) is 1.72. The van der Waals surface area contributed by atoms with Crippen molar-refractivity contribution in [3.05, 3.63) is 42.2 Å². The topological polar surface area (TPSA) is 56.2 Å². The maximum atomic E-state index is 12.3. The molecule has 0 radical (unpaired) electrons. The highest BCUT2D eigenvalue weighted by atomic mass is 16.5. The van der Waals surface area contributed by atoms with E-state index in [1.54, 1.807) is 0 Å². The number of nitrogens with one attached hydrogen (secondary N) is 1. The zero-order valence-electron chi connectivity index (χ0n) is 12.2. The Balaban J connectivity index is 1.66. The Kier molecular flexibility index (Phi) is 3.64. The van der Waals surface area contributed by atoms with Gasteiger partial charge in [-0.3, -0.25) is 9.48 Å². The largest absolute Gasteiger partial charge is 0.479 e. The highest BCUT2D eigenvalue weighted by Gasteiger charge is 2.26. The van der Waals surface area contributed by atoms with Gasteiger partial charge in [0.05, 0.1) is 24.3 Å². The van der Waals surface area contributed by atoms with E-state index in [1.165, 1.54) is 0 Å². The van der Waals surface area contributed by atoms with Crippen molar-refractivity contribution in [3.63, 3.8) is 0 Å². The Labute approximate surface area is 123 Å². The summed E-state index contributed by atoms with van der Waals surface area (Å²) in [6.07, 6.45) is 1.75. The maximum absolute atomic E-state index is 12.3. The third kappa shape index (κ3) is 2.91. The molecule has 0 aliphatic carbocycles. The number of para-hydroxylation sites is 2. The van der Waals surface area contributed by atoms with Crippen molar-refractivity contribution in [2.45, 2.75) is 32.4 Å². The molecule has 1 atom stereocenters. The number of carbonyl (C=O) groups is 1. The minimum atomic E-state index is -0.455. The highest BCUT2D eigenvalue weighted by Crippen LogP contribution is 2.28. The molecule has 5 heteroatoms. The first-order valence-corrected chi connectivity index (χ1v) is 7.20. The zero-order valence-corrected chi connectivity index (χ0v) is 12.2. The summed E-state index contributed by atoms with van der Waals surface area (Å²) < 4.78 is 7.63. The van der Waals surface area contributed by atoms with Gasteiger partial charge in [-0.05, 0) is 32.0 Å². The lowest BCUT2D eigenvalue weighted by Gasteiger charge is -2.26. The zero-order chi connectivity index (χ0) is 14.8. The van der Waals surface area contributed by atoms with Crippen LogP contribution >= 0.6 is 0 Å². The number of aromatic nitrogens is 2. The van der Waals surface area contributed by atoms with Gasteiger partial charge in [0.2, 0.25) is 0 Å². The molecular formula is C16H19N3O2. The van der Waals surface area contributed by atoms with Gasteiger partial charge < -0.3 is 10.1 Å². The number of nitrogens with zero attached hydrogens (tertiary/aromatic N) is 2. The average molecular weight is 285 g/mol. The van der Waals surface area contributed by atoms with E-state index >= 15 is 0 Å². The molecule has 0 bridgehead atoms. The quantitative estimate of drug-likeness (QED) is 0.937. The molecule has 1 aromatic heterocycles. The van der Waals surface area contributed by atoms with E-state index in [1.807, 2.05) is 41.2 Å². The number of hydrogen-bond donors (Lipinski definition) is 1. The average Bonchev–Trinajstić information content (AvgIpc) is 2.95. The van der Waals surface area contributed by atoms with Gasteiger partial charge in [0.1, 0.15) is 5.75 Å². The molecule has 110 valence electrons. The minimum absolute atomic E-state index is 0.0472. The first-order valence-electron chi connectivity index (χ1n) is 7.20. The molecule has 1 aliphatic heterocycles. The van der Waals surface area contributed by atoms with Crippen molar-refractivity contribution in [3.8, 4) is 5.75 Å². The summed E-state index contributed by atoms with van der Waals surface area (Å²) in [6, 6.07) is 9.85. The first-order chi connectivity index (χ1) is 10.1. The summed E-state index contributed by atoms with van der Waals surface area (Å²) in [5.74, 6) is 0.779. The van der Waals surface area contributed by atoms with Gasteiger partial charge in [-0.25, -0.2) is 0 Å². The minimum Gasteiger partial charge on any atom is -0.479 e. The molecule has 5 nitrogen and oxygen atoms in total. The van der Waals surface area contributed by atoms with Crippen LogP contribution in [-0.2, 0) is 11.2 Å². The molecule has 2 heterocycles. The fourth-order valence-corrected chi connectivity index (χ4v) is 2.34. The maximum Gasteiger partial charge on any atom is 0.181 e. The molecule has 0 spiro atoms. The van der Waals surface area contributed by atoms with E-state index in [-0.39, 0.29) is 5.78 Å². The van der Waals surface area contributed by atoms with Crippen LogP contribution in [0, 0.1) is 0 Å². The van der Waals surface area contributed by atoms with Crippen LogP contribution in [0.4, 0.5) is 5.69 Å². The molecule has 3 rings (SSSR count). The molecule has 0 saturated heterocycles. The van der Waals surface area contributed by atoms with Gasteiger partial charge >= 0.3 is 0 Å². The lowest BCUT2D eigenvalue weighted by Crippen LogP contribution is -2.38. The number of anilines is 1. The van der Waals surface area contributed by atoms with Crippen molar-refractivity contribution in [1.29, 1.82) is 0 Å². The molecule has 1 unspecified atom stereocenters. The third-order valence-electron chi connectivity index (χ3n) is 3.54. The van der Waals surface area contributed by atoms with E-state index in [0.29, 0.717) is 19.0 Å². The monoisotopic (exact) mass is 285 g/mol. The molecule has 1 N–H and O–H groups in total. The summed E-state index contributed by atoms with van der Waals surface area (Å²) >= 11 is 0. The van der Waals surface area contributed by atoms with E-state index in [9.17, 15) is 4.79 Å². The van der Waals surface area contributed by atoms with Crippen LogP contribution in [0.5, 0.6) is 5.75 Å². The van der Waals surface area contributed by atoms with Crippen LogP contribution in [-0.4, -0.2) is 28.2 Å². The molecule has 1 aliphatic rings. The first kappa shape index (κ1) is 13.7. The van der Waals surface area contributed by atoms with Crippen LogP contribution in [0.3, 0.4) is 0 Å². The number of fused-ring (bicyclic) bond motifs is 1. The second-order valence-corrected chi connectivity index (χ2v) is 5.51. The Morgan fingerprint density at radius 2 is 2.24 bits per heavy atom. The van der Waals surface area contributed by atoms with Crippen LogP contribution < -0.4 is 10.1 Å². The summed E-state index contributed by atoms with van der Waals surface area (Å²) in [6.45, 7) is 4.62. The molecule has 0 amide bonds. The number of carbonyl (C=O) groups excluding carboxylic acids is 1. The van der Waals surface area contributed by atoms with Gasteiger partial charge in [-0.1, -0.05) is 12.1 Å².